The van der Waals surface area contributed by atoms with Crippen LogP contribution in [0.2, 0.25) is 0 Å². The average molecular weight is 499 g/mol. The lowest BCUT2D eigenvalue weighted by Crippen LogP contribution is -2.56. The highest BCUT2D eigenvalue weighted by Gasteiger charge is 2.39. The second-order valence-electron chi connectivity index (χ2n) is 9.44. The van der Waals surface area contributed by atoms with Crippen molar-refractivity contribution in [2.75, 3.05) is 33.3 Å². The van der Waals surface area contributed by atoms with E-state index in [9.17, 15) is 23.2 Å². The standard InChI is InChI=1S/C25H25F3N6O2/c1-32-8-3-4-19(32)24(35)34-12-15(13-34)14-36-20-6-5-16(10-18(20)25(26,27)28)22-17-7-9-33(2)23(17)31-21(11-29)30-22/h5-7,9-10,15,19H,3-4,8,12-14H2,1-2H3/t19-/m0/s1. The molecule has 8 nitrogen and oxygen atoms in total. The van der Waals surface area contributed by atoms with Crippen molar-refractivity contribution in [1.82, 2.24) is 24.3 Å². The van der Waals surface area contributed by atoms with Crippen LogP contribution in [-0.4, -0.2) is 69.6 Å². The fourth-order valence-corrected chi connectivity index (χ4v) is 4.93. The molecule has 36 heavy (non-hydrogen) atoms. The summed E-state index contributed by atoms with van der Waals surface area (Å²) in [5.74, 6) is -0.336. The van der Waals surface area contributed by atoms with Crippen molar-refractivity contribution in [3.63, 3.8) is 0 Å². The van der Waals surface area contributed by atoms with E-state index in [1.165, 1.54) is 12.1 Å². The van der Waals surface area contributed by atoms with E-state index in [-0.39, 0.29) is 47.3 Å². The lowest BCUT2D eigenvalue weighted by atomic mass is 9.99. The third-order valence-corrected chi connectivity index (χ3v) is 6.93. The zero-order chi connectivity index (χ0) is 25.6. The normalized spacial score (nSPS) is 18.9. The van der Waals surface area contributed by atoms with E-state index in [0.29, 0.717) is 24.1 Å². The summed E-state index contributed by atoms with van der Waals surface area (Å²) in [6.45, 7) is 1.94. The lowest BCUT2D eigenvalue weighted by Gasteiger charge is -2.41. The Morgan fingerprint density at radius 3 is 2.67 bits per heavy atom. The summed E-state index contributed by atoms with van der Waals surface area (Å²) >= 11 is 0. The molecule has 2 aromatic heterocycles. The first-order chi connectivity index (χ1) is 17.2. The minimum atomic E-state index is -4.65. The van der Waals surface area contributed by atoms with Gasteiger partial charge in [0, 0.05) is 43.2 Å². The molecule has 3 aromatic rings. The van der Waals surface area contributed by atoms with Crippen molar-refractivity contribution in [2.45, 2.75) is 25.1 Å². The number of nitrogens with zero attached hydrogens (tertiary/aromatic N) is 6. The van der Waals surface area contributed by atoms with E-state index >= 15 is 0 Å². The molecule has 1 atom stereocenters. The number of alkyl halides is 3. The van der Waals surface area contributed by atoms with E-state index < -0.39 is 11.7 Å². The van der Waals surface area contributed by atoms with Crippen LogP contribution in [0.25, 0.3) is 22.3 Å². The molecule has 0 spiro atoms. The Hall–Kier alpha value is -3.65. The molecule has 2 saturated heterocycles. The minimum absolute atomic E-state index is 0.0228. The van der Waals surface area contributed by atoms with Crippen LogP contribution in [0, 0.1) is 17.2 Å². The van der Waals surface area contributed by atoms with Crippen molar-refractivity contribution in [3.05, 3.63) is 41.9 Å². The van der Waals surface area contributed by atoms with E-state index in [1.807, 2.05) is 18.0 Å². The van der Waals surface area contributed by atoms with Gasteiger partial charge in [0.15, 0.2) is 0 Å². The molecule has 0 aliphatic carbocycles. The molecule has 2 fully saturated rings. The Bertz CT molecular complexity index is 1360. The summed E-state index contributed by atoms with van der Waals surface area (Å²) in [5.41, 5.74) is 0.00413. The third-order valence-electron chi connectivity index (χ3n) is 6.93. The SMILES string of the molecule is CN1CCC[C@H]1C(=O)N1CC(COc2ccc(-c3nc(C#N)nc4c3ccn4C)cc2C(F)(F)F)C1. The summed E-state index contributed by atoms with van der Waals surface area (Å²) in [5, 5.41) is 9.84. The van der Waals surface area contributed by atoms with Gasteiger partial charge >= 0.3 is 6.18 Å². The van der Waals surface area contributed by atoms with Crippen molar-refractivity contribution < 1.29 is 22.7 Å². The molecule has 0 saturated carbocycles. The number of likely N-dealkylation sites (N-methyl/N-ethyl adjacent to an activating group) is 1. The number of fused-ring (bicyclic) bond motifs is 1. The van der Waals surface area contributed by atoms with Crippen molar-refractivity contribution in [3.8, 4) is 23.1 Å². The smallest absolute Gasteiger partial charge is 0.419 e. The number of ether oxygens (including phenoxy) is 1. The molecule has 2 aliphatic heterocycles. The Balaban J connectivity index is 1.34. The number of carbonyl (C=O) groups excluding carboxylic acids is 1. The number of aromatic nitrogens is 3. The van der Waals surface area contributed by atoms with Gasteiger partial charge < -0.3 is 14.2 Å². The first-order valence-corrected chi connectivity index (χ1v) is 11.7. The Morgan fingerprint density at radius 2 is 2.00 bits per heavy atom. The maximum atomic E-state index is 14.0. The number of aryl methyl sites for hydroxylation is 1. The number of carbonyl (C=O) groups is 1. The van der Waals surface area contributed by atoms with Crippen LogP contribution in [0.4, 0.5) is 13.2 Å². The van der Waals surface area contributed by atoms with E-state index in [1.54, 1.807) is 28.8 Å². The van der Waals surface area contributed by atoms with Gasteiger partial charge in [-0.05, 0) is 50.7 Å². The molecule has 0 N–H and O–H groups in total. The van der Waals surface area contributed by atoms with Gasteiger partial charge in [0.1, 0.15) is 17.5 Å². The average Bonchev–Trinajstić information content (AvgIpc) is 3.42. The maximum absolute atomic E-state index is 14.0. The fraction of sp³-hybridized carbons (Fsp3) is 0.440. The molecule has 4 heterocycles. The number of hydrogen-bond donors (Lipinski definition) is 0. The molecule has 2 aliphatic rings. The van der Waals surface area contributed by atoms with Gasteiger partial charge in [0.05, 0.1) is 23.9 Å². The highest BCUT2D eigenvalue weighted by molar-refractivity contribution is 5.91. The Kier molecular flexibility index (Phi) is 6.08. The van der Waals surface area contributed by atoms with Crippen molar-refractivity contribution >= 4 is 16.9 Å². The molecule has 11 heteroatoms. The molecule has 0 bridgehead atoms. The topological polar surface area (TPSA) is 87.3 Å². The molecular formula is C25H25F3N6O2. The zero-order valence-corrected chi connectivity index (χ0v) is 19.9. The van der Waals surface area contributed by atoms with Crippen LogP contribution >= 0.6 is 0 Å². The Labute approximate surface area is 205 Å². The first-order valence-electron chi connectivity index (χ1n) is 11.7. The maximum Gasteiger partial charge on any atom is 0.419 e. The lowest BCUT2D eigenvalue weighted by molar-refractivity contribution is -0.143. The number of halogens is 3. The number of likely N-dealkylation sites (tertiary alicyclic amines) is 2. The molecule has 188 valence electrons. The van der Waals surface area contributed by atoms with Crippen LogP contribution in [-0.2, 0) is 18.0 Å². The monoisotopic (exact) mass is 498 g/mol. The molecule has 1 amide bonds. The second kappa shape index (κ2) is 9.09. The van der Waals surface area contributed by atoms with Crippen molar-refractivity contribution in [2.24, 2.45) is 13.0 Å². The quantitative estimate of drug-likeness (QED) is 0.536. The largest absolute Gasteiger partial charge is 0.493 e. The van der Waals surface area contributed by atoms with E-state index in [4.69, 9.17) is 4.74 Å². The third kappa shape index (κ3) is 4.37. The van der Waals surface area contributed by atoms with Gasteiger partial charge in [-0.15, -0.1) is 0 Å². The predicted octanol–water partition coefficient (Wildman–Crippen LogP) is 3.46. The van der Waals surface area contributed by atoms with E-state index in [2.05, 4.69) is 9.97 Å². The molecular weight excluding hydrogens is 473 g/mol. The summed E-state index contributed by atoms with van der Waals surface area (Å²) in [6, 6.07) is 7.26. The van der Waals surface area contributed by atoms with Gasteiger partial charge in [-0.3, -0.25) is 9.69 Å². The number of benzene rings is 1. The van der Waals surface area contributed by atoms with Gasteiger partial charge in [0.25, 0.3) is 0 Å². The van der Waals surface area contributed by atoms with Crippen LogP contribution < -0.4 is 4.74 Å². The minimum Gasteiger partial charge on any atom is -0.493 e. The Morgan fingerprint density at radius 1 is 1.22 bits per heavy atom. The first kappa shape index (κ1) is 24.1. The molecule has 0 radical (unpaired) electrons. The van der Waals surface area contributed by atoms with Gasteiger partial charge in [-0.25, -0.2) is 9.97 Å². The van der Waals surface area contributed by atoms with Gasteiger partial charge in [-0.2, -0.15) is 18.4 Å². The summed E-state index contributed by atoms with van der Waals surface area (Å²) < 4.78 is 49.2. The zero-order valence-electron chi connectivity index (χ0n) is 19.9. The van der Waals surface area contributed by atoms with Crippen LogP contribution in [0.1, 0.15) is 24.2 Å². The second-order valence-corrected chi connectivity index (χ2v) is 9.44. The van der Waals surface area contributed by atoms with Crippen molar-refractivity contribution in [1.29, 1.82) is 5.26 Å². The van der Waals surface area contributed by atoms with E-state index in [0.717, 1.165) is 25.5 Å². The number of nitriles is 1. The number of rotatable bonds is 5. The van der Waals surface area contributed by atoms with Crippen LogP contribution in [0.15, 0.2) is 30.5 Å². The number of hydrogen-bond acceptors (Lipinski definition) is 6. The van der Waals surface area contributed by atoms with Gasteiger partial charge in [0.2, 0.25) is 11.7 Å². The number of amides is 1. The highest BCUT2D eigenvalue weighted by atomic mass is 19.4. The van der Waals surface area contributed by atoms with Gasteiger partial charge in [-0.1, -0.05) is 0 Å². The fourth-order valence-electron chi connectivity index (χ4n) is 4.93. The predicted molar refractivity (Wildman–Crippen MR) is 125 cm³/mol. The summed E-state index contributed by atoms with van der Waals surface area (Å²) in [7, 11) is 3.67. The molecule has 5 rings (SSSR count). The van der Waals surface area contributed by atoms with Crippen LogP contribution in [0.5, 0.6) is 5.75 Å². The highest BCUT2D eigenvalue weighted by Crippen LogP contribution is 2.40. The summed E-state index contributed by atoms with van der Waals surface area (Å²) in [6.07, 6.45) is -1.11. The van der Waals surface area contributed by atoms with Crippen LogP contribution in [0.3, 0.4) is 0 Å². The summed E-state index contributed by atoms with van der Waals surface area (Å²) in [4.78, 5) is 24.7. The molecule has 0 unspecified atom stereocenters. The molecule has 1 aromatic carbocycles.